The Morgan fingerprint density at radius 1 is 1.53 bits per heavy atom. The molecule has 4 nitrogen and oxygen atoms in total. The molecule has 0 saturated carbocycles. The monoisotopic (exact) mass is 258 g/mol. The van der Waals surface area contributed by atoms with Crippen LogP contribution in [-0.4, -0.2) is 37.2 Å². The number of nitriles is 1. The molecule has 0 aromatic heterocycles. The summed E-state index contributed by atoms with van der Waals surface area (Å²) < 4.78 is 11.4. The van der Waals surface area contributed by atoms with Crippen molar-refractivity contribution in [1.29, 1.82) is 5.26 Å². The molecule has 1 fully saturated rings. The average Bonchev–Trinajstić information content (AvgIpc) is 2.81. The van der Waals surface area contributed by atoms with Crippen LogP contribution in [-0.2, 0) is 6.42 Å². The molecule has 0 amide bonds. The highest BCUT2D eigenvalue weighted by molar-refractivity contribution is 5.47. The molecule has 1 aromatic rings. The first-order valence-electron chi connectivity index (χ1n) is 6.70. The molecule has 1 spiro atoms. The summed E-state index contributed by atoms with van der Waals surface area (Å²) in [6.07, 6.45) is 3.13. The van der Waals surface area contributed by atoms with Gasteiger partial charge in [-0.2, -0.15) is 5.26 Å². The van der Waals surface area contributed by atoms with Gasteiger partial charge in [0.15, 0.2) is 0 Å². The van der Waals surface area contributed by atoms with Crippen LogP contribution >= 0.6 is 0 Å². The zero-order chi connectivity index (χ0) is 13.3. The van der Waals surface area contributed by atoms with Crippen LogP contribution in [0.25, 0.3) is 0 Å². The Balaban J connectivity index is 1.95. The van der Waals surface area contributed by atoms with Gasteiger partial charge in [-0.1, -0.05) is 6.07 Å². The third kappa shape index (κ3) is 1.95. The van der Waals surface area contributed by atoms with Gasteiger partial charge in [0.05, 0.1) is 25.3 Å². The molecule has 2 heterocycles. The van der Waals surface area contributed by atoms with Crippen molar-refractivity contribution in [3.8, 4) is 17.6 Å². The second-order valence-electron chi connectivity index (χ2n) is 5.31. The van der Waals surface area contributed by atoms with Gasteiger partial charge >= 0.3 is 0 Å². The van der Waals surface area contributed by atoms with Crippen LogP contribution in [0.4, 0.5) is 0 Å². The van der Waals surface area contributed by atoms with Crippen molar-refractivity contribution in [3.05, 3.63) is 23.8 Å². The maximum atomic E-state index is 8.98. The molecule has 100 valence electrons. The number of nitrogens with zero attached hydrogens (tertiary/aromatic N) is 2. The molecule has 1 atom stereocenters. The van der Waals surface area contributed by atoms with Crippen LogP contribution in [0, 0.1) is 11.3 Å². The molecular weight excluding hydrogens is 240 g/mol. The molecule has 3 rings (SSSR count). The first-order valence-corrected chi connectivity index (χ1v) is 6.70. The molecule has 0 radical (unpaired) electrons. The SMILES string of the molecule is COc1cccc2c1CC1(CCCN1CC#N)CO2. The van der Waals surface area contributed by atoms with E-state index in [2.05, 4.69) is 11.0 Å². The third-order valence-electron chi connectivity index (χ3n) is 4.31. The highest BCUT2D eigenvalue weighted by atomic mass is 16.5. The second kappa shape index (κ2) is 4.75. The smallest absolute Gasteiger partial charge is 0.126 e. The first-order chi connectivity index (χ1) is 9.29. The van der Waals surface area contributed by atoms with Crippen LogP contribution in [0.3, 0.4) is 0 Å². The zero-order valence-electron chi connectivity index (χ0n) is 11.2. The van der Waals surface area contributed by atoms with E-state index < -0.39 is 0 Å². The second-order valence-corrected chi connectivity index (χ2v) is 5.31. The van der Waals surface area contributed by atoms with Crippen molar-refractivity contribution in [3.63, 3.8) is 0 Å². The Hall–Kier alpha value is -1.73. The van der Waals surface area contributed by atoms with Gasteiger partial charge in [-0.3, -0.25) is 4.90 Å². The van der Waals surface area contributed by atoms with E-state index in [1.165, 1.54) is 0 Å². The van der Waals surface area contributed by atoms with Crippen LogP contribution in [0.1, 0.15) is 18.4 Å². The van der Waals surface area contributed by atoms with Crippen LogP contribution in [0.2, 0.25) is 0 Å². The van der Waals surface area contributed by atoms with E-state index in [1.54, 1.807) is 7.11 Å². The molecule has 4 heteroatoms. The molecule has 0 N–H and O–H groups in total. The standard InChI is InChI=1S/C15H18N2O2/c1-18-13-4-2-5-14-12(13)10-15(11-19-14)6-3-8-17(15)9-7-16/h2,4-5H,3,6,8-11H2,1H3. The normalized spacial score (nSPS) is 25.7. The lowest BCUT2D eigenvalue weighted by Crippen LogP contribution is -2.52. The fourth-order valence-corrected chi connectivity index (χ4v) is 3.33. The third-order valence-corrected chi connectivity index (χ3v) is 4.31. The zero-order valence-corrected chi connectivity index (χ0v) is 11.2. The maximum absolute atomic E-state index is 8.98. The van der Waals surface area contributed by atoms with Gasteiger partial charge in [0.1, 0.15) is 18.1 Å². The predicted molar refractivity (Wildman–Crippen MR) is 71.3 cm³/mol. The summed E-state index contributed by atoms with van der Waals surface area (Å²) in [5.41, 5.74) is 1.12. The minimum atomic E-state index is -0.0165. The molecule has 1 aromatic carbocycles. The van der Waals surface area contributed by atoms with Crippen molar-refractivity contribution in [2.75, 3.05) is 26.8 Å². The fourth-order valence-electron chi connectivity index (χ4n) is 3.33. The van der Waals surface area contributed by atoms with Gasteiger partial charge in [-0.25, -0.2) is 0 Å². The van der Waals surface area contributed by atoms with E-state index >= 15 is 0 Å². The molecule has 1 saturated heterocycles. The Morgan fingerprint density at radius 2 is 2.42 bits per heavy atom. The number of hydrogen-bond donors (Lipinski definition) is 0. The predicted octanol–water partition coefficient (Wildman–Crippen LogP) is 1.99. The Kier molecular flexibility index (Phi) is 3.08. The summed E-state index contributed by atoms with van der Waals surface area (Å²) in [5.74, 6) is 1.81. The van der Waals surface area contributed by atoms with Gasteiger partial charge < -0.3 is 9.47 Å². The number of methoxy groups -OCH3 is 1. The highest BCUT2D eigenvalue weighted by Gasteiger charge is 2.45. The summed E-state index contributed by atoms with van der Waals surface area (Å²) in [6, 6.07) is 8.20. The van der Waals surface area contributed by atoms with Crippen LogP contribution in [0.15, 0.2) is 18.2 Å². The summed E-state index contributed by atoms with van der Waals surface area (Å²) in [5, 5.41) is 8.98. The number of likely N-dealkylation sites (tertiary alicyclic amines) is 1. The van der Waals surface area contributed by atoms with Crippen molar-refractivity contribution in [2.45, 2.75) is 24.8 Å². The number of benzene rings is 1. The number of rotatable bonds is 2. The van der Waals surface area contributed by atoms with Gasteiger partial charge in [0, 0.05) is 12.0 Å². The Labute approximate surface area is 113 Å². The summed E-state index contributed by atoms with van der Waals surface area (Å²) >= 11 is 0. The first kappa shape index (κ1) is 12.3. The molecule has 2 aliphatic heterocycles. The number of hydrogen-bond acceptors (Lipinski definition) is 4. The van der Waals surface area contributed by atoms with Crippen molar-refractivity contribution >= 4 is 0 Å². The minimum absolute atomic E-state index is 0.0165. The van der Waals surface area contributed by atoms with Gasteiger partial charge in [0.2, 0.25) is 0 Å². The largest absolute Gasteiger partial charge is 0.496 e. The lowest BCUT2D eigenvalue weighted by Gasteiger charge is -2.41. The van der Waals surface area contributed by atoms with E-state index in [0.717, 1.165) is 42.9 Å². The quantitative estimate of drug-likeness (QED) is 0.761. The molecule has 19 heavy (non-hydrogen) atoms. The fraction of sp³-hybridized carbons (Fsp3) is 0.533. The summed E-state index contributed by atoms with van der Waals surface area (Å²) in [6.45, 7) is 2.14. The van der Waals surface area contributed by atoms with E-state index in [1.807, 2.05) is 18.2 Å². The lowest BCUT2D eigenvalue weighted by molar-refractivity contribution is 0.0692. The van der Waals surface area contributed by atoms with E-state index in [4.69, 9.17) is 14.7 Å². The van der Waals surface area contributed by atoms with Crippen molar-refractivity contribution in [1.82, 2.24) is 4.90 Å². The van der Waals surface area contributed by atoms with Gasteiger partial charge in [0.25, 0.3) is 0 Å². The Bertz CT molecular complexity index is 509. The van der Waals surface area contributed by atoms with Crippen LogP contribution < -0.4 is 9.47 Å². The lowest BCUT2D eigenvalue weighted by atomic mass is 9.86. The van der Waals surface area contributed by atoms with Crippen molar-refractivity contribution < 1.29 is 9.47 Å². The van der Waals surface area contributed by atoms with E-state index in [0.29, 0.717) is 13.2 Å². The number of ether oxygens (including phenoxy) is 2. The Morgan fingerprint density at radius 3 is 3.21 bits per heavy atom. The van der Waals surface area contributed by atoms with Crippen LogP contribution in [0.5, 0.6) is 11.5 Å². The topological polar surface area (TPSA) is 45.5 Å². The molecule has 0 bridgehead atoms. The average molecular weight is 258 g/mol. The summed E-state index contributed by atoms with van der Waals surface area (Å²) in [7, 11) is 1.69. The molecule has 0 aliphatic carbocycles. The number of fused-ring (bicyclic) bond motifs is 1. The van der Waals surface area contributed by atoms with Crippen molar-refractivity contribution in [2.24, 2.45) is 0 Å². The molecule has 1 unspecified atom stereocenters. The summed E-state index contributed by atoms with van der Waals surface area (Å²) in [4.78, 5) is 2.27. The van der Waals surface area contributed by atoms with Gasteiger partial charge in [-0.05, 0) is 31.5 Å². The molecule has 2 aliphatic rings. The maximum Gasteiger partial charge on any atom is 0.126 e. The highest BCUT2D eigenvalue weighted by Crippen LogP contribution is 2.42. The van der Waals surface area contributed by atoms with E-state index in [-0.39, 0.29) is 5.54 Å². The van der Waals surface area contributed by atoms with Gasteiger partial charge in [-0.15, -0.1) is 0 Å². The van der Waals surface area contributed by atoms with E-state index in [9.17, 15) is 0 Å². The minimum Gasteiger partial charge on any atom is -0.496 e. The molecular formula is C15H18N2O2.